The smallest absolute Gasteiger partial charge is 0.266 e. The van der Waals surface area contributed by atoms with Crippen molar-refractivity contribution >= 4 is 35.8 Å². The number of nitriles is 1. The SMILES string of the molecule is Cc1ccc(N2C(S)=C(C#N)C(=O)N[C@H]2c2ccc(-c3cccc(Cl)c3)o2)cc1. The Labute approximate surface area is 178 Å². The maximum atomic E-state index is 12.4. The van der Waals surface area contributed by atoms with Gasteiger partial charge in [0.25, 0.3) is 5.91 Å². The molecule has 29 heavy (non-hydrogen) atoms. The number of amides is 1. The minimum Gasteiger partial charge on any atom is -0.457 e. The predicted molar refractivity (Wildman–Crippen MR) is 115 cm³/mol. The third kappa shape index (κ3) is 3.63. The van der Waals surface area contributed by atoms with Crippen LogP contribution in [-0.2, 0) is 4.79 Å². The standard InChI is InChI=1S/C22H16ClN3O2S/c1-13-5-7-16(8-6-13)26-20(25-21(27)17(12-24)22(26)29)19-10-9-18(28-19)14-3-2-4-15(23)11-14/h2-11,20,29H,1H3,(H,25,27)/t20-/m1/s1. The van der Waals surface area contributed by atoms with Gasteiger partial charge in [0.05, 0.1) is 5.03 Å². The van der Waals surface area contributed by atoms with Gasteiger partial charge in [0.1, 0.15) is 23.2 Å². The molecule has 0 bridgehead atoms. The Morgan fingerprint density at radius 3 is 2.62 bits per heavy atom. The van der Waals surface area contributed by atoms with Crippen LogP contribution in [0.4, 0.5) is 5.69 Å². The Balaban J connectivity index is 1.79. The predicted octanol–water partition coefficient (Wildman–Crippen LogP) is 5.21. The second-order valence-corrected chi connectivity index (χ2v) is 7.46. The van der Waals surface area contributed by atoms with Gasteiger partial charge in [-0.25, -0.2) is 0 Å². The highest BCUT2D eigenvalue weighted by molar-refractivity contribution is 7.84. The quantitative estimate of drug-likeness (QED) is 0.569. The monoisotopic (exact) mass is 421 g/mol. The molecule has 0 spiro atoms. The summed E-state index contributed by atoms with van der Waals surface area (Å²) in [6.07, 6.45) is -0.650. The number of aryl methyl sites for hydroxylation is 1. The van der Waals surface area contributed by atoms with Crippen LogP contribution in [0.2, 0.25) is 5.02 Å². The first-order valence-corrected chi connectivity index (χ1v) is 9.66. The highest BCUT2D eigenvalue weighted by Gasteiger charge is 2.35. The number of halogens is 1. The van der Waals surface area contributed by atoms with Gasteiger partial charge >= 0.3 is 0 Å². The zero-order valence-electron chi connectivity index (χ0n) is 15.4. The number of nitrogens with one attached hydrogen (secondary N) is 1. The maximum Gasteiger partial charge on any atom is 0.266 e. The molecule has 1 aliphatic rings. The number of carbonyl (C=O) groups is 1. The highest BCUT2D eigenvalue weighted by Crippen LogP contribution is 2.37. The van der Waals surface area contributed by atoms with E-state index in [0.29, 0.717) is 16.5 Å². The molecule has 7 heteroatoms. The van der Waals surface area contributed by atoms with E-state index in [2.05, 4.69) is 17.9 Å². The summed E-state index contributed by atoms with van der Waals surface area (Å²) < 4.78 is 6.05. The first-order chi connectivity index (χ1) is 14.0. The summed E-state index contributed by atoms with van der Waals surface area (Å²) in [6.45, 7) is 1.99. The minimum absolute atomic E-state index is 0.0493. The van der Waals surface area contributed by atoms with Crippen molar-refractivity contribution in [2.24, 2.45) is 0 Å². The number of carbonyl (C=O) groups excluding carboxylic acids is 1. The Morgan fingerprint density at radius 1 is 1.17 bits per heavy atom. The molecule has 0 aliphatic carbocycles. The zero-order chi connectivity index (χ0) is 20.5. The van der Waals surface area contributed by atoms with Crippen molar-refractivity contribution in [3.05, 3.63) is 87.6 Å². The molecule has 3 aromatic rings. The Bertz CT molecular complexity index is 1160. The number of hydrogen-bond acceptors (Lipinski definition) is 5. The molecule has 2 heterocycles. The average Bonchev–Trinajstić information content (AvgIpc) is 3.19. The fraction of sp³-hybridized carbons (Fsp3) is 0.0909. The Hall–Kier alpha value is -3.14. The summed E-state index contributed by atoms with van der Waals surface area (Å²) in [5, 5.41) is 13.1. The van der Waals surface area contributed by atoms with Gasteiger partial charge in [0.2, 0.25) is 0 Å². The van der Waals surface area contributed by atoms with Crippen molar-refractivity contribution in [2.45, 2.75) is 13.1 Å². The largest absolute Gasteiger partial charge is 0.457 e. The second-order valence-electron chi connectivity index (χ2n) is 6.60. The maximum absolute atomic E-state index is 12.4. The molecule has 1 aliphatic heterocycles. The van der Waals surface area contributed by atoms with E-state index in [1.165, 1.54) is 0 Å². The van der Waals surface area contributed by atoms with E-state index in [0.717, 1.165) is 16.8 Å². The number of thiol groups is 1. The van der Waals surface area contributed by atoms with E-state index < -0.39 is 12.1 Å². The first kappa shape index (κ1) is 19.2. The number of rotatable bonds is 3. The molecule has 1 atom stereocenters. The molecule has 0 radical (unpaired) electrons. The van der Waals surface area contributed by atoms with Crippen molar-refractivity contribution < 1.29 is 9.21 Å². The number of anilines is 1. The second kappa shape index (κ2) is 7.70. The van der Waals surface area contributed by atoms with E-state index in [-0.39, 0.29) is 10.6 Å². The molecule has 2 aromatic carbocycles. The number of hydrogen-bond donors (Lipinski definition) is 2. The van der Waals surface area contributed by atoms with Gasteiger partial charge in [0, 0.05) is 16.3 Å². The summed E-state index contributed by atoms with van der Waals surface area (Å²) in [5.74, 6) is 0.639. The van der Waals surface area contributed by atoms with Gasteiger partial charge in [-0.3, -0.25) is 4.79 Å². The van der Waals surface area contributed by atoms with E-state index in [1.54, 1.807) is 23.1 Å². The van der Waals surface area contributed by atoms with Crippen LogP contribution in [0, 0.1) is 18.3 Å². The average molecular weight is 422 g/mol. The van der Waals surface area contributed by atoms with Gasteiger partial charge in [-0.1, -0.05) is 41.4 Å². The number of nitrogens with zero attached hydrogens (tertiary/aromatic N) is 2. The van der Waals surface area contributed by atoms with Gasteiger partial charge in [-0.15, -0.1) is 12.6 Å². The summed E-state index contributed by atoms with van der Waals surface area (Å²) in [6, 6.07) is 20.6. The van der Waals surface area contributed by atoms with Gasteiger partial charge in [0.15, 0.2) is 6.17 Å². The summed E-state index contributed by atoms with van der Waals surface area (Å²) in [5.41, 5.74) is 2.65. The van der Waals surface area contributed by atoms with E-state index in [9.17, 15) is 10.1 Å². The molecule has 1 aromatic heterocycles. The number of furan rings is 1. The van der Waals surface area contributed by atoms with Crippen molar-refractivity contribution in [3.8, 4) is 17.4 Å². The molecular weight excluding hydrogens is 406 g/mol. The lowest BCUT2D eigenvalue weighted by Gasteiger charge is -2.36. The fourth-order valence-corrected chi connectivity index (χ4v) is 3.75. The van der Waals surface area contributed by atoms with Crippen molar-refractivity contribution in [2.75, 3.05) is 4.90 Å². The first-order valence-electron chi connectivity index (χ1n) is 8.83. The molecule has 0 unspecified atom stereocenters. The van der Waals surface area contributed by atoms with Crippen LogP contribution in [0.25, 0.3) is 11.3 Å². The molecule has 0 saturated carbocycles. The summed E-state index contributed by atoms with van der Waals surface area (Å²) in [4.78, 5) is 14.2. The Morgan fingerprint density at radius 2 is 1.93 bits per heavy atom. The molecule has 5 nitrogen and oxygen atoms in total. The lowest BCUT2D eigenvalue weighted by molar-refractivity contribution is -0.118. The molecule has 0 saturated heterocycles. The molecule has 0 fully saturated rings. The normalized spacial score (nSPS) is 16.6. The van der Waals surface area contributed by atoms with Crippen LogP contribution < -0.4 is 10.2 Å². The lowest BCUT2D eigenvalue weighted by Crippen LogP contribution is -2.45. The third-order valence-electron chi connectivity index (χ3n) is 4.63. The van der Waals surface area contributed by atoms with Crippen LogP contribution in [0.5, 0.6) is 0 Å². The van der Waals surface area contributed by atoms with Gasteiger partial charge < -0.3 is 14.6 Å². The van der Waals surface area contributed by atoms with Crippen LogP contribution >= 0.6 is 24.2 Å². The van der Waals surface area contributed by atoms with Crippen LogP contribution in [0.15, 0.2) is 75.7 Å². The zero-order valence-corrected chi connectivity index (χ0v) is 17.0. The van der Waals surface area contributed by atoms with Crippen molar-refractivity contribution in [1.29, 1.82) is 5.26 Å². The summed E-state index contributed by atoms with van der Waals surface area (Å²) in [7, 11) is 0. The van der Waals surface area contributed by atoms with Gasteiger partial charge in [-0.2, -0.15) is 5.26 Å². The molecule has 4 rings (SSSR count). The Kier molecular flexibility index (Phi) is 5.10. The topological polar surface area (TPSA) is 69.3 Å². The summed E-state index contributed by atoms with van der Waals surface area (Å²) >= 11 is 10.6. The lowest BCUT2D eigenvalue weighted by atomic mass is 10.1. The van der Waals surface area contributed by atoms with Crippen LogP contribution in [0.1, 0.15) is 17.5 Å². The van der Waals surface area contributed by atoms with Crippen molar-refractivity contribution in [1.82, 2.24) is 5.32 Å². The van der Waals surface area contributed by atoms with Crippen LogP contribution in [0.3, 0.4) is 0 Å². The number of benzene rings is 2. The molecule has 1 N–H and O–H groups in total. The van der Waals surface area contributed by atoms with E-state index >= 15 is 0 Å². The van der Waals surface area contributed by atoms with E-state index in [4.69, 9.17) is 16.0 Å². The molecule has 144 valence electrons. The minimum atomic E-state index is -0.650. The van der Waals surface area contributed by atoms with E-state index in [1.807, 2.05) is 55.5 Å². The fourth-order valence-electron chi connectivity index (χ4n) is 3.18. The van der Waals surface area contributed by atoms with Crippen LogP contribution in [-0.4, -0.2) is 5.91 Å². The van der Waals surface area contributed by atoms with Crippen molar-refractivity contribution in [3.63, 3.8) is 0 Å². The third-order valence-corrected chi connectivity index (χ3v) is 5.31. The molecular formula is C22H16ClN3O2S. The molecule has 1 amide bonds. The highest BCUT2D eigenvalue weighted by atomic mass is 35.5. The van der Waals surface area contributed by atoms with Gasteiger partial charge in [-0.05, 0) is 43.3 Å².